The summed E-state index contributed by atoms with van der Waals surface area (Å²) in [4.78, 5) is 12.9. The summed E-state index contributed by atoms with van der Waals surface area (Å²) in [5, 5.41) is 11.2. The molecule has 0 saturated heterocycles. The number of ether oxygens (including phenoxy) is 1. The quantitative estimate of drug-likeness (QED) is 0.653. The molecule has 0 fully saturated rings. The molecule has 1 heterocycles. The third-order valence-corrected chi connectivity index (χ3v) is 2.63. The van der Waals surface area contributed by atoms with Gasteiger partial charge in [-0.15, -0.1) is 0 Å². The van der Waals surface area contributed by atoms with Crippen LogP contribution in [0.15, 0.2) is 24.5 Å². The molecule has 0 radical (unpaired) electrons. The van der Waals surface area contributed by atoms with Gasteiger partial charge in [0.15, 0.2) is 0 Å². The number of nitro groups is 1. The van der Waals surface area contributed by atoms with Gasteiger partial charge in [0.25, 0.3) is 0 Å². The van der Waals surface area contributed by atoms with Crippen LogP contribution in [0.4, 0.5) is 0 Å². The van der Waals surface area contributed by atoms with Gasteiger partial charge in [-0.3, -0.25) is 10.1 Å². The maximum atomic E-state index is 10.3. The highest BCUT2D eigenvalue weighted by Crippen LogP contribution is 2.31. The third kappa shape index (κ3) is 1.99. The van der Waals surface area contributed by atoms with E-state index >= 15 is 0 Å². The van der Waals surface area contributed by atoms with Crippen molar-refractivity contribution in [3.8, 4) is 5.75 Å². The smallest absolute Gasteiger partial charge is 0.235 e. The molecule has 0 aliphatic heterocycles. The summed E-state index contributed by atoms with van der Waals surface area (Å²) in [6, 6.07) is 3.80. The highest BCUT2D eigenvalue weighted by molar-refractivity contribution is 5.95. The summed E-state index contributed by atoms with van der Waals surface area (Å²) in [5.41, 5.74) is 2.76. The Morgan fingerprint density at radius 3 is 2.88 bits per heavy atom. The molecule has 0 spiro atoms. The average molecular weight is 232 g/mol. The molecule has 0 unspecified atom stereocenters. The number of aromatic nitrogens is 1. The SMILES string of the molecule is COc1ccc(C)c2[nH]cc(/C=C/[N+](=O)[O-])c12. The molecule has 2 rings (SSSR count). The Bertz CT molecular complexity index is 599. The van der Waals surface area contributed by atoms with Gasteiger partial charge in [0, 0.05) is 23.2 Å². The zero-order valence-electron chi connectivity index (χ0n) is 9.56. The van der Waals surface area contributed by atoms with Gasteiger partial charge in [-0.1, -0.05) is 6.07 Å². The number of H-pyrrole nitrogens is 1. The van der Waals surface area contributed by atoms with Crippen molar-refractivity contribution in [3.63, 3.8) is 0 Å². The van der Waals surface area contributed by atoms with E-state index in [1.54, 1.807) is 13.3 Å². The van der Waals surface area contributed by atoms with Crippen molar-refractivity contribution in [2.75, 3.05) is 7.11 Å². The Labute approximate surface area is 97.9 Å². The third-order valence-electron chi connectivity index (χ3n) is 2.63. The molecule has 5 nitrogen and oxygen atoms in total. The number of benzene rings is 1. The van der Waals surface area contributed by atoms with E-state index in [9.17, 15) is 10.1 Å². The molecule has 0 bridgehead atoms. The van der Waals surface area contributed by atoms with Crippen LogP contribution in [0.5, 0.6) is 5.75 Å². The summed E-state index contributed by atoms with van der Waals surface area (Å²) in [7, 11) is 1.58. The molecule has 0 atom stereocenters. The first-order valence-electron chi connectivity index (χ1n) is 5.10. The van der Waals surface area contributed by atoms with Crippen LogP contribution in [-0.4, -0.2) is 17.0 Å². The first-order chi connectivity index (χ1) is 8.13. The molecule has 0 saturated carbocycles. The second-order valence-electron chi connectivity index (χ2n) is 3.68. The second-order valence-corrected chi connectivity index (χ2v) is 3.68. The molecule has 5 heteroatoms. The molecule has 0 amide bonds. The lowest BCUT2D eigenvalue weighted by Crippen LogP contribution is -1.87. The number of nitrogens with one attached hydrogen (secondary N) is 1. The second kappa shape index (κ2) is 4.29. The normalized spacial score (nSPS) is 11.2. The minimum Gasteiger partial charge on any atom is -0.496 e. The van der Waals surface area contributed by atoms with Gasteiger partial charge in [-0.2, -0.15) is 0 Å². The number of hydrogen-bond acceptors (Lipinski definition) is 3. The molecule has 88 valence electrons. The average Bonchev–Trinajstić information content (AvgIpc) is 2.72. The fourth-order valence-corrected chi connectivity index (χ4v) is 1.83. The van der Waals surface area contributed by atoms with E-state index < -0.39 is 4.92 Å². The van der Waals surface area contributed by atoms with Crippen molar-refractivity contribution in [1.82, 2.24) is 4.98 Å². The van der Waals surface area contributed by atoms with Crippen LogP contribution in [0.2, 0.25) is 0 Å². The molecular weight excluding hydrogens is 220 g/mol. The maximum Gasteiger partial charge on any atom is 0.235 e. The van der Waals surface area contributed by atoms with Crippen LogP contribution in [0.3, 0.4) is 0 Å². The molecule has 17 heavy (non-hydrogen) atoms. The summed E-state index contributed by atoms with van der Waals surface area (Å²) >= 11 is 0. The Kier molecular flexibility index (Phi) is 2.82. The standard InChI is InChI=1S/C12H12N2O3/c1-8-3-4-10(17-2)11-9(5-6-14(15)16)7-13-12(8)11/h3-7,13H,1-2H3/b6-5+. The van der Waals surface area contributed by atoms with Gasteiger partial charge in [-0.25, -0.2) is 0 Å². The van der Waals surface area contributed by atoms with Crippen LogP contribution >= 0.6 is 0 Å². The fourth-order valence-electron chi connectivity index (χ4n) is 1.83. The van der Waals surface area contributed by atoms with E-state index in [-0.39, 0.29) is 0 Å². The lowest BCUT2D eigenvalue weighted by Gasteiger charge is -2.04. The van der Waals surface area contributed by atoms with Gasteiger partial charge < -0.3 is 9.72 Å². The van der Waals surface area contributed by atoms with E-state index in [2.05, 4.69) is 4.98 Å². The van der Waals surface area contributed by atoms with Gasteiger partial charge >= 0.3 is 0 Å². The molecule has 0 aliphatic carbocycles. The number of nitrogens with zero attached hydrogens (tertiary/aromatic N) is 1. The van der Waals surface area contributed by atoms with Gasteiger partial charge in [0.1, 0.15) is 5.75 Å². The highest BCUT2D eigenvalue weighted by Gasteiger charge is 2.09. The minimum atomic E-state index is -0.485. The lowest BCUT2D eigenvalue weighted by atomic mass is 10.1. The highest BCUT2D eigenvalue weighted by atomic mass is 16.6. The summed E-state index contributed by atoms with van der Waals surface area (Å²) < 4.78 is 5.26. The number of aryl methyl sites for hydroxylation is 1. The van der Waals surface area contributed by atoms with Gasteiger partial charge in [0.2, 0.25) is 6.20 Å². The molecule has 2 aromatic rings. The topological polar surface area (TPSA) is 68.2 Å². The minimum absolute atomic E-state index is 0.485. The van der Waals surface area contributed by atoms with Crippen molar-refractivity contribution in [2.24, 2.45) is 0 Å². The van der Waals surface area contributed by atoms with Crippen molar-refractivity contribution in [2.45, 2.75) is 6.92 Å². The Balaban J connectivity index is 2.65. The first kappa shape index (κ1) is 11.2. The predicted octanol–water partition coefficient (Wildman–Crippen LogP) is 2.73. The van der Waals surface area contributed by atoms with E-state index in [1.165, 1.54) is 6.08 Å². The van der Waals surface area contributed by atoms with Crippen LogP contribution in [0, 0.1) is 17.0 Å². The van der Waals surface area contributed by atoms with E-state index in [0.717, 1.165) is 28.2 Å². The fraction of sp³-hybridized carbons (Fsp3) is 0.167. The molecular formula is C12H12N2O3. The number of aromatic amines is 1. The van der Waals surface area contributed by atoms with Crippen LogP contribution in [-0.2, 0) is 0 Å². The molecule has 0 aliphatic rings. The van der Waals surface area contributed by atoms with E-state index in [4.69, 9.17) is 4.74 Å². The van der Waals surface area contributed by atoms with Gasteiger partial charge in [0.05, 0.1) is 17.5 Å². The largest absolute Gasteiger partial charge is 0.496 e. The van der Waals surface area contributed by atoms with Crippen molar-refractivity contribution in [1.29, 1.82) is 0 Å². The summed E-state index contributed by atoms with van der Waals surface area (Å²) in [6.45, 7) is 1.97. The number of fused-ring (bicyclic) bond motifs is 1. The van der Waals surface area contributed by atoms with Crippen LogP contribution in [0.25, 0.3) is 17.0 Å². The zero-order chi connectivity index (χ0) is 12.4. The Morgan fingerprint density at radius 1 is 1.47 bits per heavy atom. The van der Waals surface area contributed by atoms with Crippen molar-refractivity contribution < 1.29 is 9.66 Å². The van der Waals surface area contributed by atoms with Crippen LogP contribution < -0.4 is 4.74 Å². The lowest BCUT2D eigenvalue weighted by molar-refractivity contribution is -0.400. The maximum absolute atomic E-state index is 10.3. The molecule has 1 aromatic carbocycles. The number of rotatable bonds is 3. The Hall–Kier alpha value is -2.30. The first-order valence-corrected chi connectivity index (χ1v) is 5.10. The van der Waals surface area contributed by atoms with Crippen molar-refractivity contribution in [3.05, 3.63) is 45.8 Å². The zero-order valence-corrected chi connectivity index (χ0v) is 9.56. The number of hydrogen-bond donors (Lipinski definition) is 1. The summed E-state index contributed by atoms with van der Waals surface area (Å²) in [6.07, 6.45) is 4.12. The summed E-state index contributed by atoms with van der Waals surface area (Å²) in [5.74, 6) is 0.704. The monoisotopic (exact) mass is 232 g/mol. The molecule has 1 N–H and O–H groups in total. The van der Waals surface area contributed by atoms with Gasteiger partial charge in [-0.05, 0) is 18.6 Å². The van der Waals surface area contributed by atoms with Crippen molar-refractivity contribution >= 4 is 17.0 Å². The van der Waals surface area contributed by atoms with Crippen LogP contribution in [0.1, 0.15) is 11.1 Å². The predicted molar refractivity (Wildman–Crippen MR) is 65.6 cm³/mol. The Morgan fingerprint density at radius 2 is 2.24 bits per heavy atom. The molecule has 1 aromatic heterocycles. The van der Waals surface area contributed by atoms with E-state index in [1.807, 2.05) is 19.1 Å². The van der Waals surface area contributed by atoms with E-state index in [0.29, 0.717) is 5.75 Å². The number of methoxy groups -OCH3 is 1.